The molecular formula is C21H30ClN5O2S. The van der Waals surface area contributed by atoms with Gasteiger partial charge in [0.1, 0.15) is 11.4 Å². The summed E-state index contributed by atoms with van der Waals surface area (Å²) in [6, 6.07) is 5.85. The molecule has 0 fully saturated rings. The first kappa shape index (κ1) is 24.1. The third-order valence-electron chi connectivity index (χ3n) is 4.99. The first-order chi connectivity index (χ1) is 14.0. The van der Waals surface area contributed by atoms with Crippen LogP contribution in [0, 0.1) is 6.92 Å². The Bertz CT molecular complexity index is 964. The lowest BCUT2D eigenvalue weighted by molar-refractivity contribution is 0.0974. The Morgan fingerprint density at radius 1 is 1.20 bits per heavy atom. The van der Waals surface area contributed by atoms with Crippen molar-refractivity contribution in [3.63, 3.8) is 0 Å². The van der Waals surface area contributed by atoms with Crippen molar-refractivity contribution in [1.29, 1.82) is 0 Å². The van der Waals surface area contributed by atoms with E-state index in [-0.39, 0.29) is 18.3 Å². The number of carbonyl (C=O) groups is 1. The predicted octanol–water partition coefficient (Wildman–Crippen LogP) is 4.15. The zero-order valence-corrected chi connectivity index (χ0v) is 19.8. The molecule has 0 aliphatic carbocycles. The van der Waals surface area contributed by atoms with Crippen LogP contribution in [-0.2, 0) is 7.05 Å². The van der Waals surface area contributed by atoms with Crippen LogP contribution in [0.3, 0.4) is 0 Å². The van der Waals surface area contributed by atoms with Gasteiger partial charge in [0, 0.05) is 20.1 Å². The molecule has 2 heterocycles. The number of fused-ring (bicyclic) bond motifs is 1. The average molecular weight is 452 g/mol. The zero-order valence-electron chi connectivity index (χ0n) is 18.2. The van der Waals surface area contributed by atoms with E-state index in [1.54, 1.807) is 22.8 Å². The van der Waals surface area contributed by atoms with E-state index >= 15 is 0 Å². The summed E-state index contributed by atoms with van der Waals surface area (Å²) in [7, 11) is 1.80. The molecule has 1 amide bonds. The van der Waals surface area contributed by atoms with E-state index in [2.05, 4.69) is 23.8 Å². The number of rotatable bonds is 9. The maximum Gasteiger partial charge on any atom is 0.278 e. The maximum atomic E-state index is 13.5. The van der Waals surface area contributed by atoms with Crippen LogP contribution in [-0.4, -0.2) is 58.4 Å². The molecule has 7 nitrogen and oxygen atoms in total. The van der Waals surface area contributed by atoms with Crippen molar-refractivity contribution < 1.29 is 9.53 Å². The molecule has 3 rings (SSSR count). The van der Waals surface area contributed by atoms with Crippen molar-refractivity contribution in [2.24, 2.45) is 7.05 Å². The first-order valence-electron chi connectivity index (χ1n) is 10.0. The van der Waals surface area contributed by atoms with E-state index in [0.717, 1.165) is 41.2 Å². The van der Waals surface area contributed by atoms with Gasteiger partial charge in [-0.2, -0.15) is 5.10 Å². The monoisotopic (exact) mass is 451 g/mol. The summed E-state index contributed by atoms with van der Waals surface area (Å²) in [5.74, 6) is 0.748. The number of thiazole rings is 1. The molecule has 0 bridgehead atoms. The molecule has 9 heteroatoms. The summed E-state index contributed by atoms with van der Waals surface area (Å²) in [4.78, 5) is 22.3. The largest absolute Gasteiger partial charge is 0.494 e. The van der Waals surface area contributed by atoms with Gasteiger partial charge in [-0.1, -0.05) is 25.2 Å². The van der Waals surface area contributed by atoms with Crippen LogP contribution < -0.4 is 9.64 Å². The summed E-state index contributed by atoms with van der Waals surface area (Å²) in [5.41, 5.74) is 2.33. The minimum absolute atomic E-state index is 0. The molecule has 1 aromatic carbocycles. The van der Waals surface area contributed by atoms with Crippen molar-refractivity contribution in [2.45, 2.75) is 27.7 Å². The summed E-state index contributed by atoms with van der Waals surface area (Å²) in [6.07, 6.45) is 1.72. The number of anilines is 1. The van der Waals surface area contributed by atoms with Gasteiger partial charge >= 0.3 is 0 Å². The van der Waals surface area contributed by atoms with E-state index in [9.17, 15) is 4.79 Å². The summed E-state index contributed by atoms with van der Waals surface area (Å²) in [6.45, 7) is 12.0. The molecule has 2 aromatic heterocycles. The number of nitrogens with zero attached hydrogens (tertiary/aromatic N) is 5. The second-order valence-corrected chi connectivity index (χ2v) is 7.85. The molecule has 0 saturated carbocycles. The fourth-order valence-electron chi connectivity index (χ4n) is 3.31. The van der Waals surface area contributed by atoms with Crippen molar-refractivity contribution in [1.82, 2.24) is 19.7 Å². The van der Waals surface area contributed by atoms with E-state index in [1.807, 2.05) is 32.0 Å². The summed E-state index contributed by atoms with van der Waals surface area (Å²) < 4.78 is 8.26. The Hall–Kier alpha value is -2.16. The van der Waals surface area contributed by atoms with Gasteiger partial charge in [-0.05, 0) is 50.7 Å². The number of hydrogen-bond acceptors (Lipinski definition) is 6. The number of benzene rings is 1. The number of halogens is 1. The summed E-state index contributed by atoms with van der Waals surface area (Å²) >= 11 is 1.52. The number of carbonyl (C=O) groups excluding carboxylic acids is 1. The second kappa shape index (κ2) is 10.7. The Morgan fingerprint density at radius 2 is 1.93 bits per heavy atom. The molecule has 0 atom stereocenters. The first-order valence-corrected chi connectivity index (χ1v) is 10.9. The molecule has 0 aliphatic heterocycles. The Morgan fingerprint density at radius 3 is 2.53 bits per heavy atom. The quantitative estimate of drug-likeness (QED) is 0.489. The SMILES string of the molecule is CCOc1ccc2nc(N(CCN(CC)CC)C(=O)c3c(C)cnn3C)sc2c1.Cl. The highest BCUT2D eigenvalue weighted by Gasteiger charge is 2.25. The highest BCUT2D eigenvalue weighted by Crippen LogP contribution is 2.32. The van der Waals surface area contributed by atoms with Crippen LogP contribution in [0.25, 0.3) is 10.2 Å². The maximum absolute atomic E-state index is 13.5. The predicted molar refractivity (Wildman–Crippen MR) is 125 cm³/mol. The third-order valence-corrected chi connectivity index (χ3v) is 6.04. The molecule has 164 valence electrons. The molecule has 0 radical (unpaired) electrons. The molecule has 3 aromatic rings. The standard InChI is InChI=1S/C21H29N5O2S.ClH/c1-6-25(7-2)11-12-26(20(27)19-15(4)14-22-24(19)5)21-23-17-10-9-16(28-8-3)13-18(17)29-21;/h9-10,13-14H,6-8,11-12H2,1-5H3;1H. The van der Waals surface area contributed by atoms with Gasteiger partial charge in [-0.15, -0.1) is 12.4 Å². The molecule has 0 unspecified atom stereocenters. The number of amides is 1. The smallest absolute Gasteiger partial charge is 0.278 e. The molecular weight excluding hydrogens is 422 g/mol. The van der Waals surface area contributed by atoms with E-state index in [1.165, 1.54) is 11.3 Å². The van der Waals surface area contributed by atoms with Crippen molar-refractivity contribution in [3.8, 4) is 5.75 Å². The van der Waals surface area contributed by atoms with Gasteiger partial charge in [0.15, 0.2) is 5.13 Å². The van der Waals surface area contributed by atoms with Crippen LogP contribution in [0.1, 0.15) is 36.8 Å². The number of aromatic nitrogens is 3. The highest BCUT2D eigenvalue weighted by molar-refractivity contribution is 7.22. The van der Waals surface area contributed by atoms with E-state index in [0.29, 0.717) is 24.0 Å². The number of aryl methyl sites for hydroxylation is 2. The fraction of sp³-hybridized carbons (Fsp3) is 0.476. The topological polar surface area (TPSA) is 63.5 Å². The molecule has 0 aliphatic rings. The molecule has 0 N–H and O–H groups in total. The van der Waals surface area contributed by atoms with Crippen molar-refractivity contribution in [2.75, 3.05) is 37.7 Å². The summed E-state index contributed by atoms with van der Waals surface area (Å²) in [5, 5.41) is 4.94. The third kappa shape index (κ3) is 5.11. The lowest BCUT2D eigenvalue weighted by atomic mass is 10.2. The van der Waals surface area contributed by atoms with Crippen LogP contribution in [0.15, 0.2) is 24.4 Å². The van der Waals surface area contributed by atoms with Crippen LogP contribution in [0.5, 0.6) is 5.75 Å². The molecule has 30 heavy (non-hydrogen) atoms. The fourth-order valence-corrected chi connectivity index (χ4v) is 4.33. The number of likely N-dealkylation sites (N-methyl/N-ethyl adjacent to an activating group) is 1. The van der Waals surface area contributed by atoms with Gasteiger partial charge in [0.2, 0.25) is 0 Å². The minimum Gasteiger partial charge on any atom is -0.494 e. The normalized spacial score (nSPS) is 11.0. The number of ether oxygens (including phenoxy) is 1. The van der Waals surface area contributed by atoms with Crippen LogP contribution in [0.2, 0.25) is 0 Å². The molecule has 0 spiro atoms. The van der Waals surface area contributed by atoms with Gasteiger partial charge in [-0.3, -0.25) is 14.4 Å². The van der Waals surface area contributed by atoms with Gasteiger partial charge in [-0.25, -0.2) is 4.98 Å². The Labute approximate surface area is 188 Å². The second-order valence-electron chi connectivity index (χ2n) is 6.84. The lowest BCUT2D eigenvalue weighted by Gasteiger charge is -2.25. The number of hydrogen-bond donors (Lipinski definition) is 0. The van der Waals surface area contributed by atoms with Crippen LogP contribution >= 0.6 is 23.7 Å². The van der Waals surface area contributed by atoms with Crippen LogP contribution in [0.4, 0.5) is 5.13 Å². The minimum atomic E-state index is -0.0706. The lowest BCUT2D eigenvalue weighted by Crippen LogP contribution is -2.39. The van der Waals surface area contributed by atoms with Gasteiger partial charge < -0.3 is 9.64 Å². The van der Waals surface area contributed by atoms with Gasteiger partial charge in [0.25, 0.3) is 5.91 Å². The highest BCUT2D eigenvalue weighted by atomic mass is 35.5. The average Bonchev–Trinajstić information content (AvgIpc) is 3.27. The molecule has 0 saturated heterocycles. The Balaban J connectivity index is 0.00000320. The van der Waals surface area contributed by atoms with E-state index < -0.39 is 0 Å². The van der Waals surface area contributed by atoms with Crippen molar-refractivity contribution >= 4 is 45.0 Å². The van der Waals surface area contributed by atoms with Gasteiger partial charge in [0.05, 0.1) is 23.0 Å². The van der Waals surface area contributed by atoms with Crippen molar-refractivity contribution in [3.05, 3.63) is 35.7 Å². The Kier molecular flexibility index (Phi) is 8.64. The zero-order chi connectivity index (χ0) is 21.0. The van der Waals surface area contributed by atoms with E-state index in [4.69, 9.17) is 9.72 Å².